The van der Waals surface area contributed by atoms with Crippen LogP contribution in [0, 0.1) is 12.7 Å². The monoisotopic (exact) mass is 444 g/mol. The summed E-state index contributed by atoms with van der Waals surface area (Å²) in [6.45, 7) is 4.48. The number of halogens is 1. The first kappa shape index (κ1) is 20.6. The number of carbonyl (C=O) groups excluding carboxylic acids is 2. The van der Waals surface area contributed by atoms with E-state index in [9.17, 15) is 14.0 Å². The van der Waals surface area contributed by atoms with Crippen molar-refractivity contribution < 1.29 is 14.0 Å². The number of piperazine rings is 1. The Hall–Kier alpha value is -2.62. The molecule has 2 aromatic heterocycles. The summed E-state index contributed by atoms with van der Waals surface area (Å²) < 4.78 is 13.0. The molecule has 30 heavy (non-hydrogen) atoms. The molecule has 4 rings (SSSR count). The molecule has 1 N–H and O–H groups in total. The van der Waals surface area contributed by atoms with Crippen molar-refractivity contribution in [3.05, 3.63) is 57.5 Å². The number of hydrogen-bond acceptors (Lipinski definition) is 6. The number of thiophene rings is 1. The van der Waals surface area contributed by atoms with Crippen molar-refractivity contribution in [1.29, 1.82) is 0 Å². The minimum atomic E-state index is -0.340. The lowest BCUT2D eigenvalue weighted by molar-refractivity contribution is -0.117. The van der Waals surface area contributed by atoms with E-state index in [1.165, 1.54) is 35.6 Å². The molecular weight excluding hydrogens is 423 g/mol. The van der Waals surface area contributed by atoms with Crippen molar-refractivity contribution in [2.45, 2.75) is 6.92 Å². The summed E-state index contributed by atoms with van der Waals surface area (Å²) in [6.07, 6.45) is 0. The van der Waals surface area contributed by atoms with Crippen molar-refractivity contribution in [3.63, 3.8) is 0 Å². The van der Waals surface area contributed by atoms with Crippen LogP contribution in [-0.2, 0) is 4.79 Å². The standard InChI is InChI=1S/C21H21FN4O2S2/c1-14-19(30-20(23-14)15-6-11-29-13-15)21(28)26-9-7-25(8-10-26)12-18(27)24-17-4-2-16(22)3-5-17/h2-6,11,13H,7-10,12H2,1H3,(H,24,27). The number of hydrogen-bond donors (Lipinski definition) is 1. The summed E-state index contributed by atoms with van der Waals surface area (Å²) in [5, 5.41) is 7.66. The normalized spacial score (nSPS) is 14.7. The Kier molecular flexibility index (Phi) is 6.21. The highest BCUT2D eigenvalue weighted by molar-refractivity contribution is 7.17. The number of thiazole rings is 1. The van der Waals surface area contributed by atoms with Gasteiger partial charge in [0, 0.05) is 42.8 Å². The maximum Gasteiger partial charge on any atom is 0.265 e. The van der Waals surface area contributed by atoms with Crippen LogP contribution in [0.25, 0.3) is 10.6 Å². The molecule has 3 aromatic rings. The fraction of sp³-hybridized carbons (Fsp3) is 0.286. The summed E-state index contributed by atoms with van der Waals surface area (Å²) >= 11 is 3.04. The Morgan fingerprint density at radius 2 is 1.87 bits per heavy atom. The third-order valence-electron chi connectivity index (χ3n) is 4.91. The number of aromatic nitrogens is 1. The fourth-order valence-corrected chi connectivity index (χ4v) is 5.04. The van der Waals surface area contributed by atoms with Crippen LogP contribution in [0.2, 0.25) is 0 Å². The highest BCUT2D eigenvalue weighted by Crippen LogP contribution is 2.30. The molecule has 0 atom stereocenters. The van der Waals surface area contributed by atoms with Crippen molar-refractivity contribution in [2.75, 3.05) is 38.0 Å². The third-order valence-corrected chi connectivity index (χ3v) is 6.79. The van der Waals surface area contributed by atoms with Crippen LogP contribution < -0.4 is 5.32 Å². The lowest BCUT2D eigenvalue weighted by atomic mass is 10.2. The topological polar surface area (TPSA) is 65.5 Å². The quantitative estimate of drug-likeness (QED) is 0.652. The van der Waals surface area contributed by atoms with Gasteiger partial charge in [-0.2, -0.15) is 11.3 Å². The molecule has 3 heterocycles. The third kappa shape index (κ3) is 4.75. The predicted octanol–water partition coefficient (Wildman–Crippen LogP) is 3.72. The first-order valence-corrected chi connectivity index (χ1v) is 11.3. The van der Waals surface area contributed by atoms with Crippen LogP contribution in [0.15, 0.2) is 41.1 Å². The van der Waals surface area contributed by atoms with Gasteiger partial charge in [0.2, 0.25) is 5.91 Å². The molecule has 0 radical (unpaired) electrons. The highest BCUT2D eigenvalue weighted by atomic mass is 32.1. The van der Waals surface area contributed by atoms with Gasteiger partial charge in [-0.1, -0.05) is 0 Å². The lowest BCUT2D eigenvalue weighted by Crippen LogP contribution is -2.50. The summed E-state index contributed by atoms with van der Waals surface area (Å²) in [4.78, 5) is 34.3. The summed E-state index contributed by atoms with van der Waals surface area (Å²) in [7, 11) is 0. The van der Waals surface area contributed by atoms with Crippen LogP contribution in [0.4, 0.5) is 10.1 Å². The molecule has 1 aliphatic heterocycles. The number of benzene rings is 1. The minimum absolute atomic E-state index is 0.00175. The number of carbonyl (C=O) groups is 2. The maximum absolute atomic E-state index is 13.0. The van der Waals surface area contributed by atoms with Gasteiger partial charge in [-0.3, -0.25) is 14.5 Å². The molecule has 1 aromatic carbocycles. The maximum atomic E-state index is 13.0. The SMILES string of the molecule is Cc1nc(-c2ccsc2)sc1C(=O)N1CCN(CC(=O)Nc2ccc(F)cc2)CC1. The Balaban J connectivity index is 1.30. The minimum Gasteiger partial charge on any atom is -0.335 e. The zero-order chi connectivity index (χ0) is 21.1. The molecule has 0 unspecified atom stereocenters. The first-order valence-electron chi connectivity index (χ1n) is 9.56. The van der Waals surface area contributed by atoms with Crippen LogP contribution in [-0.4, -0.2) is 59.3 Å². The molecule has 1 aliphatic rings. The fourth-order valence-electron chi connectivity index (χ4n) is 3.29. The van der Waals surface area contributed by atoms with E-state index in [-0.39, 0.29) is 24.2 Å². The number of nitrogens with zero attached hydrogens (tertiary/aromatic N) is 3. The smallest absolute Gasteiger partial charge is 0.265 e. The zero-order valence-corrected chi connectivity index (χ0v) is 18.1. The number of amides is 2. The molecule has 2 amide bonds. The molecule has 1 fully saturated rings. The second-order valence-corrected chi connectivity index (χ2v) is 8.85. The predicted molar refractivity (Wildman–Crippen MR) is 118 cm³/mol. The summed E-state index contributed by atoms with van der Waals surface area (Å²) in [5.74, 6) is -0.491. The van der Waals surface area contributed by atoms with Crippen molar-refractivity contribution in [3.8, 4) is 10.6 Å². The van der Waals surface area contributed by atoms with Gasteiger partial charge in [-0.05, 0) is 42.6 Å². The Labute approximate surface area is 182 Å². The number of nitrogens with one attached hydrogen (secondary N) is 1. The molecular formula is C21H21FN4O2S2. The molecule has 0 bridgehead atoms. The van der Waals surface area contributed by atoms with Crippen molar-refractivity contribution in [2.24, 2.45) is 0 Å². The van der Waals surface area contributed by atoms with E-state index in [0.29, 0.717) is 36.7 Å². The number of anilines is 1. The van der Waals surface area contributed by atoms with Gasteiger partial charge >= 0.3 is 0 Å². The Bertz CT molecular complexity index is 1030. The Morgan fingerprint density at radius 3 is 2.53 bits per heavy atom. The van der Waals surface area contributed by atoms with E-state index in [2.05, 4.69) is 10.3 Å². The average Bonchev–Trinajstić information content (AvgIpc) is 3.39. The van der Waals surface area contributed by atoms with Gasteiger partial charge < -0.3 is 10.2 Å². The largest absolute Gasteiger partial charge is 0.335 e. The van der Waals surface area contributed by atoms with E-state index in [1.54, 1.807) is 11.3 Å². The second-order valence-electron chi connectivity index (χ2n) is 7.07. The number of rotatable bonds is 5. The van der Waals surface area contributed by atoms with Gasteiger partial charge in [0.05, 0.1) is 12.2 Å². The highest BCUT2D eigenvalue weighted by Gasteiger charge is 2.26. The van der Waals surface area contributed by atoms with E-state index >= 15 is 0 Å². The van der Waals surface area contributed by atoms with Gasteiger partial charge in [-0.25, -0.2) is 9.37 Å². The molecule has 9 heteroatoms. The number of aryl methyl sites for hydroxylation is 1. The van der Waals surface area contributed by atoms with Gasteiger partial charge in [0.15, 0.2) is 0 Å². The van der Waals surface area contributed by atoms with E-state index in [0.717, 1.165) is 16.3 Å². The summed E-state index contributed by atoms with van der Waals surface area (Å²) in [5.41, 5.74) is 2.37. The molecule has 0 saturated carbocycles. The molecule has 0 aliphatic carbocycles. The molecule has 6 nitrogen and oxygen atoms in total. The first-order chi connectivity index (χ1) is 14.5. The average molecular weight is 445 g/mol. The van der Waals surface area contributed by atoms with Crippen molar-refractivity contribution >= 4 is 40.2 Å². The van der Waals surface area contributed by atoms with Gasteiger partial charge in [0.1, 0.15) is 15.7 Å². The van der Waals surface area contributed by atoms with E-state index < -0.39 is 0 Å². The van der Waals surface area contributed by atoms with E-state index in [1.807, 2.05) is 33.6 Å². The van der Waals surface area contributed by atoms with Crippen molar-refractivity contribution in [1.82, 2.24) is 14.8 Å². The lowest BCUT2D eigenvalue weighted by Gasteiger charge is -2.34. The van der Waals surface area contributed by atoms with Crippen LogP contribution in [0.3, 0.4) is 0 Å². The van der Waals surface area contributed by atoms with Gasteiger partial charge in [-0.15, -0.1) is 11.3 Å². The molecule has 1 saturated heterocycles. The Morgan fingerprint density at radius 1 is 1.13 bits per heavy atom. The van der Waals surface area contributed by atoms with Gasteiger partial charge in [0.25, 0.3) is 5.91 Å². The molecule has 156 valence electrons. The van der Waals surface area contributed by atoms with Crippen LogP contribution >= 0.6 is 22.7 Å². The second kappa shape index (κ2) is 9.03. The van der Waals surface area contributed by atoms with Crippen LogP contribution in [0.1, 0.15) is 15.4 Å². The van der Waals surface area contributed by atoms with Crippen LogP contribution in [0.5, 0.6) is 0 Å². The molecule has 0 spiro atoms. The zero-order valence-electron chi connectivity index (χ0n) is 16.4. The van der Waals surface area contributed by atoms with E-state index in [4.69, 9.17) is 0 Å². The summed E-state index contributed by atoms with van der Waals surface area (Å²) in [6, 6.07) is 7.69.